The van der Waals surface area contributed by atoms with Gasteiger partial charge in [-0.3, -0.25) is 10.1 Å². The maximum atomic E-state index is 13.0. The first kappa shape index (κ1) is 20.2. The minimum Gasteiger partial charge on any atom is -0.463 e. The number of rotatable bonds is 5. The number of hydrogen-bond donors (Lipinski definition) is 1. The highest BCUT2D eigenvalue weighted by Crippen LogP contribution is 2.49. The quantitative estimate of drug-likeness (QED) is 0.450. The van der Waals surface area contributed by atoms with Crippen LogP contribution in [0, 0.1) is 21.4 Å². The van der Waals surface area contributed by atoms with E-state index in [0.717, 1.165) is 17.3 Å². The van der Waals surface area contributed by atoms with Gasteiger partial charge < -0.3 is 10.5 Å². The van der Waals surface area contributed by atoms with E-state index >= 15 is 0 Å². The molecular weight excluding hydrogens is 390 g/mol. The maximum absolute atomic E-state index is 13.0. The fourth-order valence-electron chi connectivity index (χ4n) is 3.13. The first-order valence-electron chi connectivity index (χ1n) is 8.76. The van der Waals surface area contributed by atoms with Crippen molar-refractivity contribution >= 4 is 28.3 Å². The molecule has 2 aromatic carbocycles. The number of allylic oxidation sites excluding steroid dienone is 1. The third-order valence-electron chi connectivity index (χ3n) is 4.37. The Balaban J connectivity index is 2.29. The fraction of sp³-hybridized carbons (Fsp3) is 0.143. The van der Waals surface area contributed by atoms with Gasteiger partial charge in [0.25, 0.3) is 5.69 Å². The van der Waals surface area contributed by atoms with Gasteiger partial charge in [-0.1, -0.05) is 54.2 Å². The molecule has 1 aliphatic rings. The number of esters is 1. The average molecular weight is 407 g/mol. The van der Waals surface area contributed by atoms with Crippen LogP contribution >= 0.6 is 11.8 Å². The van der Waals surface area contributed by atoms with Crippen LogP contribution < -0.4 is 5.73 Å². The predicted octanol–water partition coefficient (Wildman–Crippen LogP) is 4.09. The van der Waals surface area contributed by atoms with Crippen LogP contribution in [0.3, 0.4) is 0 Å². The van der Waals surface area contributed by atoms with Crippen molar-refractivity contribution in [2.75, 3.05) is 6.61 Å². The van der Waals surface area contributed by atoms with Crippen LogP contribution in [0.1, 0.15) is 24.0 Å². The number of nitro groups is 1. The zero-order chi connectivity index (χ0) is 21.0. The zero-order valence-electron chi connectivity index (χ0n) is 15.5. The second-order valence-corrected chi connectivity index (χ2v) is 7.16. The summed E-state index contributed by atoms with van der Waals surface area (Å²) in [5, 5.41) is 21.2. The number of nitriles is 1. The van der Waals surface area contributed by atoms with Crippen molar-refractivity contribution in [1.29, 1.82) is 5.26 Å². The molecule has 7 nitrogen and oxygen atoms in total. The Bertz CT molecular complexity index is 1070. The van der Waals surface area contributed by atoms with Gasteiger partial charge in [0.15, 0.2) is 0 Å². The minimum absolute atomic E-state index is 0.138. The molecule has 0 amide bonds. The van der Waals surface area contributed by atoms with Gasteiger partial charge in [-0.15, -0.1) is 0 Å². The molecule has 1 unspecified atom stereocenters. The normalized spacial score (nSPS) is 16.3. The van der Waals surface area contributed by atoms with Crippen molar-refractivity contribution in [3.63, 3.8) is 0 Å². The molecule has 0 radical (unpaired) electrons. The van der Waals surface area contributed by atoms with Crippen LogP contribution in [0.15, 0.2) is 70.8 Å². The number of benzene rings is 2. The number of nitrogens with two attached hydrogens (primary N) is 1. The average Bonchev–Trinajstić information content (AvgIpc) is 2.73. The number of hydrogen-bond acceptors (Lipinski definition) is 7. The van der Waals surface area contributed by atoms with Crippen LogP contribution in [-0.2, 0) is 9.53 Å². The molecule has 0 spiro atoms. The van der Waals surface area contributed by atoms with E-state index in [2.05, 4.69) is 6.07 Å². The number of carbonyl (C=O) groups is 1. The third kappa shape index (κ3) is 4.00. The lowest BCUT2D eigenvalue weighted by Gasteiger charge is -2.28. The Hall–Kier alpha value is -3.57. The monoisotopic (exact) mass is 407 g/mol. The highest BCUT2D eigenvalue weighted by atomic mass is 32.2. The SMILES string of the molecule is CCOC(=O)C1=C(c2ccccc2)SC(N)=C(C#N)C1c1cccc([N+](=O)[O-])c1. The van der Waals surface area contributed by atoms with E-state index in [1.54, 1.807) is 13.0 Å². The topological polar surface area (TPSA) is 119 Å². The van der Waals surface area contributed by atoms with Crippen LogP contribution in [-0.4, -0.2) is 17.5 Å². The van der Waals surface area contributed by atoms with Gasteiger partial charge in [0.2, 0.25) is 0 Å². The van der Waals surface area contributed by atoms with E-state index in [0.29, 0.717) is 10.5 Å². The van der Waals surface area contributed by atoms with Crippen molar-refractivity contribution < 1.29 is 14.5 Å². The van der Waals surface area contributed by atoms with E-state index in [4.69, 9.17) is 10.5 Å². The van der Waals surface area contributed by atoms with Crippen molar-refractivity contribution in [3.05, 3.63) is 92.0 Å². The molecule has 0 saturated heterocycles. The lowest BCUT2D eigenvalue weighted by atomic mass is 9.83. The smallest absolute Gasteiger partial charge is 0.336 e. The molecular formula is C21H17N3O4S. The molecule has 8 heteroatoms. The second kappa shape index (κ2) is 8.63. The summed E-state index contributed by atoms with van der Waals surface area (Å²) in [6, 6.07) is 17.1. The van der Waals surface area contributed by atoms with Crippen molar-refractivity contribution in [1.82, 2.24) is 0 Å². The molecule has 0 saturated carbocycles. The van der Waals surface area contributed by atoms with Gasteiger partial charge in [-0.25, -0.2) is 4.79 Å². The van der Waals surface area contributed by atoms with Crippen LogP contribution in [0.4, 0.5) is 5.69 Å². The Labute approximate surface area is 171 Å². The van der Waals surface area contributed by atoms with Gasteiger partial charge in [-0.2, -0.15) is 5.26 Å². The molecule has 1 aliphatic heterocycles. The minimum atomic E-state index is -0.865. The Kier molecular flexibility index (Phi) is 6.00. The van der Waals surface area contributed by atoms with E-state index in [1.807, 2.05) is 30.3 Å². The van der Waals surface area contributed by atoms with Crippen molar-refractivity contribution in [3.8, 4) is 6.07 Å². The molecule has 1 atom stereocenters. The van der Waals surface area contributed by atoms with Crippen molar-refractivity contribution in [2.45, 2.75) is 12.8 Å². The van der Waals surface area contributed by atoms with E-state index in [1.165, 1.54) is 18.2 Å². The molecule has 0 bridgehead atoms. The molecule has 3 rings (SSSR count). The lowest BCUT2D eigenvalue weighted by molar-refractivity contribution is -0.384. The number of nitrogens with zero attached hydrogens (tertiary/aromatic N) is 2. The Morgan fingerprint density at radius 3 is 2.62 bits per heavy atom. The van der Waals surface area contributed by atoms with Crippen LogP contribution in [0.2, 0.25) is 0 Å². The molecule has 1 heterocycles. The molecule has 2 aromatic rings. The summed E-state index contributed by atoms with van der Waals surface area (Å²) < 4.78 is 5.27. The first-order chi connectivity index (χ1) is 14.0. The summed E-state index contributed by atoms with van der Waals surface area (Å²) in [7, 11) is 0. The number of carbonyl (C=O) groups excluding carboxylic acids is 1. The number of non-ortho nitro benzene ring substituents is 1. The van der Waals surface area contributed by atoms with E-state index in [9.17, 15) is 20.2 Å². The maximum Gasteiger partial charge on any atom is 0.336 e. The summed E-state index contributed by atoms with van der Waals surface area (Å²) in [6.07, 6.45) is 0. The zero-order valence-corrected chi connectivity index (χ0v) is 16.3. The lowest BCUT2D eigenvalue weighted by Crippen LogP contribution is -2.22. The van der Waals surface area contributed by atoms with Crippen LogP contribution in [0.25, 0.3) is 4.91 Å². The summed E-state index contributed by atoms with van der Waals surface area (Å²) >= 11 is 1.12. The first-order valence-corrected chi connectivity index (χ1v) is 9.58. The molecule has 146 valence electrons. The third-order valence-corrected chi connectivity index (χ3v) is 5.47. The van der Waals surface area contributed by atoms with E-state index in [-0.39, 0.29) is 28.5 Å². The van der Waals surface area contributed by atoms with E-state index < -0.39 is 16.8 Å². The molecule has 0 aromatic heterocycles. The fourth-order valence-corrected chi connectivity index (χ4v) is 4.19. The number of thioether (sulfide) groups is 1. The molecule has 0 aliphatic carbocycles. The summed E-state index contributed by atoms with van der Waals surface area (Å²) in [6.45, 7) is 1.84. The molecule has 0 fully saturated rings. The molecule has 2 N–H and O–H groups in total. The predicted molar refractivity (Wildman–Crippen MR) is 110 cm³/mol. The largest absolute Gasteiger partial charge is 0.463 e. The summed E-state index contributed by atoms with van der Waals surface area (Å²) in [4.78, 5) is 24.2. The van der Waals surface area contributed by atoms with Crippen LogP contribution in [0.5, 0.6) is 0 Å². The van der Waals surface area contributed by atoms with Gasteiger partial charge in [0.1, 0.15) is 0 Å². The highest BCUT2D eigenvalue weighted by molar-refractivity contribution is 8.11. The van der Waals surface area contributed by atoms with Gasteiger partial charge >= 0.3 is 5.97 Å². The van der Waals surface area contributed by atoms with Gasteiger partial charge in [0.05, 0.1) is 39.7 Å². The summed E-state index contributed by atoms with van der Waals surface area (Å²) in [5.74, 6) is -1.45. The summed E-state index contributed by atoms with van der Waals surface area (Å²) in [5.41, 5.74) is 7.62. The Morgan fingerprint density at radius 1 is 1.28 bits per heavy atom. The van der Waals surface area contributed by atoms with Gasteiger partial charge in [-0.05, 0) is 18.1 Å². The number of ether oxygens (including phenoxy) is 1. The highest BCUT2D eigenvalue weighted by Gasteiger charge is 2.37. The standard InChI is InChI=1S/C21H17N3O4S/c1-2-28-21(25)18-17(14-9-6-10-15(11-14)24(26)27)16(12-22)20(23)29-19(18)13-7-4-3-5-8-13/h3-11,17H,2,23H2,1H3. The van der Waals surface area contributed by atoms with Gasteiger partial charge in [0, 0.05) is 17.0 Å². The second-order valence-electron chi connectivity index (χ2n) is 6.11. The molecule has 29 heavy (non-hydrogen) atoms. The Morgan fingerprint density at radius 2 is 2.00 bits per heavy atom. The number of nitro benzene ring substituents is 1. The van der Waals surface area contributed by atoms with Crippen molar-refractivity contribution in [2.24, 2.45) is 5.73 Å².